The van der Waals surface area contributed by atoms with Crippen LogP contribution in [0, 0.1) is 13.8 Å². The first-order valence-electron chi connectivity index (χ1n) is 7.99. The number of aryl methyl sites for hydroxylation is 3. The average molecular weight is 393 g/mol. The van der Waals surface area contributed by atoms with Crippen LogP contribution in [0.15, 0.2) is 39.9 Å². The van der Waals surface area contributed by atoms with Crippen LogP contribution in [-0.2, 0) is 23.0 Å². The molecule has 2 heterocycles. The van der Waals surface area contributed by atoms with Crippen LogP contribution in [-0.4, -0.2) is 13.4 Å². The van der Waals surface area contributed by atoms with Crippen LogP contribution in [0.25, 0.3) is 10.6 Å². The Morgan fingerprint density at radius 3 is 2.40 bits per heavy atom. The van der Waals surface area contributed by atoms with Crippen molar-refractivity contribution in [3.8, 4) is 10.6 Å². The number of sulfonamides is 1. The minimum atomic E-state index is -3.52. The third-order valence-electron chi connectivity index (χ3n) is 4.01. The number of nitrogens with one attached hydrogen (secondary N) is 1. The number of thiophene rings is 1. The molecule has 4 nitrogen and oxygen atoms in total. The van der Waals surface area contributed by atoms with Crippen LogP contribution >= 0.6 is 22.7 Å². The van der Waals surface area contributed by atoms with Gasteiger partial charge in [-0.1, -0.05) is 31.2 Å². The molecule has 0 atom stereocenters. The molecule has 3 rings (SSSR count). The van der Waals surface area contributed by atoms with E-state index in [2.05, 4.69) is 16.6 Å². The van der Waals surface area contributed by atoms with Gasteiger partial charge in [0.2, 0.25) is 10.0 Å². The Labute approximate surface area is 156 Å². The second-order valence-corrected chi connectivity index (χ2v) is 9.92. The smallest absolute Gasteiger partial charge is 0.241 e. The normalized spacial score (nSPS) is 11.8. The van der Waals surface area contributed by atoms with Gasteiger partial charge in [-0.3, -0.25) is 0 Å². The highest BCUT2D eigenvalue weighted by Crippen LogP contribution is 2.32. The first-order valence-corrected chi connectivity index (χ1v) is 11.2. The van der Waals surface area contributed by atoms with Crippen molar-refractivity contribution in [3.63, 3.8) is 0 Å². The molecule has 1 aromatic carbocycles. The first-order chi connectivity index (χ1) is 11.9. The third-order valence-corrected chi connectivity index (χ3v) is 7.98. The Hall–Kier alpha value is -1.54. The highest BCUT2D eigenvalue weighted by molar-refractivity contribution is 7.91. The molecule has 132 valence electrons. The monoisotopic (exact) mass is 392 g/mol. The molecular formula is C18H20N2O2S3. The van der Waals surface area contributed by atoms with E-state index < -0.39 is 10.0 Å². The maximum atomic E-state index is 12.5. The minimum Gasteiger partial charge on any atom is -0.241 e. The van der Waals surface area contributed by atoms with Gasteiger partial charge in [-0.05, 0) is 37.5 Å². The Morgan fingerprint density at radius 1 is 1.12 bits per heavy atom. The summed E-state index contributed by atoms with van der Waals surface area (Å²) in [4.78, 5) is 5.65. The highest BCUT2D eigenvalue weighted by Gasteiger charge is 2.18. The Bertz CT molecular complexity index is 951. The molecule has 0 saturated carbocycles. The fourth-order valence-corrected chi connectivity index (χ4v) is 5.51. The summed E-state index contributed by atoms with van der Waals surface area (Å²) in [6.45, 7) is 6.36. The number of hydrogen-bond donors (Lipinski definition) is 1. The van der Waals surface area contributed by atoms with Crippen molar-refractivity contribution < 1.29 is 8.42 Å². The van der Waals surface area contributed by atoms with Crippen molar-refractivity contribution in [1.29, 1.82) is 0 Å². The topological polar surface area (TPSA) is 59.1 Å². The van der Waals surface area contributed by atoms with E-state index >= 15 is 0 Å². The maximum absolute atomic E-state index is 12.5. The summed E-state index contributed by atoms with van der Waals surface area (Å²) < 4.78 is 28.0. The summed E-state index contributed by atoms with van der Waals surface area (Å²) in [5.74, 6) is 0. The Kier molecular flexibility index (Phi) is 5.38. The van der Waals surface area contributed by atoms with Gasteiger partial charge < -0.3 is 0 Å². The Balaban J connectivity index is 1.73. The van der Waals surface area contributed by atoms with Crippen LogP contribution in [0.2, 0.25) is 0 Å². The summed E-state index contributed by atoms with van der Waals surface area (Å²) in [6, 6.07) is 9.68. The number of nitrogens with zero attached hydrogens (tertiary/aromatic N) is 1. The molecule has 0 saturated heterocycles. The molecule has 0 bridgehead atoms. The minimum absolute atomic E-state index is 0.287. The molecule has 0 unspecified atom stereocenters. The average Bonchev–Trinajstić information content (AvgIpc) is 3.22. The summed E-state index contributed by atoms with van der Waals surface area (Å²) in [5.41, 5.74) is 4.04. The molecule has 0 spiro atoms. The summed E-state index contributed by atoms with van der Waals surface area (Å²) in [6.07, 6.45) is 0.972. The lowest BCUT2D eigenvalue weighted by Crippen LogP contribution is -2.22. The number of benzene rings is 1. The molecule has 0 radical (unpaired) electrons. The second kappa shape index (κ2) is 7.37. The van der Waals surface area contributed by atoms with Gasteiger partial charge in [-0.25, -0.2) is 18.1 Å². The van der Waals surface area contributed by atoms with Gasteiger partial charge in [0, 0.05) is 22.4 Å². The number of rotatable bonds is 6. The number of aromatic nitrogens is 1. The SMILES string of the molecule is CCc1ccc(CNS(=O)(=O)c2cc(-c3nc(C)c(C)s3)cs2)cc1. The van der Waals surface area contributed by atoms with Crippen LogP contribution in [0.4, 0.5) is 0 Å². The number of thiazole rings is 1. The molecule has 7 heteroatoms. The van der Waals surface area contributed by atoms with E-state index in [1.54, 1.807) is 17.4 Å². The molecular weight excluding hydrogens is 372 g/mol. The largest absolute Gasteiger partial charge is 0.250 e. The molecule has 25 heavy (non-hydrogen) atoms. The molecule has 1 N–H and O–H groups in total. The van der Waals surface area contributed by atoms with Crippen molar-refractivity contribution in [1.82, 2.24) is 9.71 Å². The van der Waals surface area contributed by atoms with E-state index in [0.717, 1.165) is 33.1 Å². The fraction of sp³-hybridized carbons (Fsp3) is 0.278. The van der Waals surface area contributed by atoms with Gasteiger partial charge in [-0.2, -0.15) is 0 Å². The predicted molar refractivity (Wildman–Crippen MR) is 105 cm³/mol. The summed E-state index contributed by atoms with van der Waals surface area (Å²) >= 11 is 2.81. The molecule has 0 aliphatic carbocycles. The van der Waals surface area contributed by atoms with E-state index in [0.29, 0.717) is 4.21 Å². The fourth-order valence-electron chi connectivity index (χ4n) is 2.31. The van der Waals surface area contributed by atoms with Crippen molar-refractivity contribution in [2.24, 2.45) is 0 Å². The predicted octanol–water partition coefficient (Wildman–Crippen LogP) is 4.53. The van der Waals surface area contributed by atoms with Crippen molar-refractivity contribution in [2.45, 2.75) is 37.9 Å². The highest BCUT2D eigenvalue weighted by atomic mass is 32.2. The molecule has 0 aliphatic heterocycles. The molecule has 0 aliphatic rings. The maximum Gasteiger partial charge on any atom is 0.250 e. The second-order valence-electron chi connectivity index (χ2n) is 5.81. The van der Waals surface area contributed by atoms with Gasteiger partial charge in [0.05, 0.1) is 5.69 Å². The van der Waals surface area contributed by atoms with Gasteiger partial charge in [0.15, 0.2) is 0 Å². The quantitative estimate of drug-likeness (QED) is 0.670. The van der Waals surface area contributed by atoms with Crippen LogP contribution in [0.1, 0.15) is 28.6 Å². The van der Waals surface area contributed by atoms with E-state index in [9.17, 15) is 8.42 Å². The van der Waals surface area contributed by atoms with Crippen molar-refractivity contribution in [3.05, 3.63) is 57.4 Å². The first kappa shape index (κ1) is 18.3. The van der Waals surface area contributed by atoms with Gasteiger partial charge in [0.25, 0.3) is 0 Å². The zero-order chi connectivity index (χ0) is 18.0. The van der Waals surface area contributed by atoms with E-state index in [4.69, 9.17) is 0 Å². The van der Waals surface area contributed by atoms with Crippen LogP contribution < -0.4 is 4.72 Å². The molecule has 3 aromatic rings. The van der Waals surface area contributed by atoms with Gasteiger partial charge in [-0.15, -0.1) is 22.7 Å². The van der Waals surface area contributed by atoms with E-state index in [1.165, 1.54) is 16.9 Å². The lowest BCUT2D eigenvalue weighted by molar-refractivity contribution is 0.583. The summed E-state index contributed by atoms with van der Waals surface area (Å²) in [5, 5.41) is 2.71. The van der Waals surface area contributed by atoms with Gasteiger partial charge in [0.1, 0.15) is 9.22 Å². The lowest BCUT2D eigenvalue weighted by atomic mass is 10.1. The number of hydrogen-bond acceptors (Lipinski definition) is 5. The Morgan fingerprint density at radius 2 is 1.80 bits per heavy atom. The van der Waals surface area contributed by atoms with E-state index in [-0.39, 0.29) is 6.54 Å². The zero-order valence-electron chi connectivity index (χ0n) is 14.4. The van der Waals surface area contributed by atoms with Crippen LogP contribution in [0.5, 0.6) is 0 Å². The van der Waals surface area contributed by atoms with Crippen molar-refractivity contribution in [2.75, 3.05) is 0 Å². The molecule has 0 fully saturated rings. The standard InChI is InChI=1S/C18H20N2O2S3/c1-4-14-5-7-15(8-6-14)10-19-25(21,22)17-9-16(11-23-17)18-20-12(2)13(3)24-18/h5-9,11,19H,4,10H2,1-3H3. The third kappa shape index (κ3) is 4.17. The van der Waals surface area contributed by atoms with Crippen molar-refractivity contribution >= 4 is 32.7 Å². The zero-order valence-corrected chi connectivity index (χ0v) is 16.8. The lowest BCUT2D eigenvalue weighted by Gasteiger charge is -2.05. The molecule has 0 amide bonds. The van der Waals surface area contributed by atoms with E-state index in [1.807, 2.05) is 43.5 Å². The van der Waals surface area contributed by atoms with Crippen LogP contribution in [0.3, 0.4) is 0 Å². The molecule has 2 aromatic heterocycles. The van der Waals surface area contributed by atoms with Gasteiger partial charge >= 0.3 is 0 Å². The summed E-state index contributed by atoms with van der Waals surface area (Å²) in [7, 11) is -3.52.